The molecule has 0 spiro atoms. The topological polar surface area (TPSA) is 36.3 Å². The van der Waals surface area contributed by atoms with E-state index in [9.17, 15) is 9.65 Å². The number of ether oxygens (including phenoxy) is 1. The van der Waals surface area contributed by atoms with Gasteiger partial charge in [0, 0.05) is 6.54 Å². The summed E-state index contributed by atoms with van der Waals surface area (Å²) in [5, 5.41) is 9.33. The van der Waals surface area contributed by atoms with Crippen LogP contribution in [0.1, 0.15) is 51.8 Å². The third-order valence-corrected chi connectivity index (χ3v) is 7.83. The van der Waals surface area contributed by atoms with Gasteiger partial charge in [0.15, 0.2) is 0 Å². The van der Waals surface area contributed by atoms with Crippen molar-refractivity contribution in [2.45, 2.75) is 38.0 Å². The van der Waals surface area contributed by atoms with E-state index in [0.717, 1.165) is 49.0 Å². The van der Waals surface area contributed by atoms with Crippen molar-refractivity contribution in [3.8, 4) is 17.2 Å². The summed E-state index contributed by atoms with van der Waals surface area (Å²) >= 11 is 0. The summed E-state index contributed by atoms with van der Waals surface area (Å²) in [5.74, 6) is -0.255. The largest absolute Gasteiger partial charge is 0.361 e. The lowest BCUT2D eigenvalue weighted by atomic mass is 9.81. The smallest absolute Gasteiger partial charge is 0.123 e. The predicted molar refractivity (Wildman–Crippen MR) is 143 cm³/mol. The van der Waals surface area contributed by atoms with Crippen molar-refractivity contribution in [3.63, 3.8) is 0 Å². The molecule has 0 amide bonds. The Kier molecular flexibility index (Phi) is 6.12. The van der Waals surface area contributed by atoms with E-state index in [2.05, 4.69) is 60.5 Å². The summed E-state index contributed by atoms with van der Waals surface area (Å²) in [4.78, 5) is 2.36. The first-order chi connectivity index (χ1) is 18.1. The molecule has 37 heavy (non-hydrogen) atoms. The fourth-order valence-electron chi connectivity index (χ4n) is 6.05. The first-order valence-electron chi connectivity index (χ1n) is 12.9. The molecular formula is C33H29FN2O. The van der Waals surface area contributed by atoms with Crippen LogP contribution in [0.3, 0.4) is 0 Å². The quantitative estimate of drug-likeness (QED) is 0.249. The van der Waals surface area contributed by atoms with Gasteiger partial charge in [-0.2, -0.15) is 5.26 Å². The van der Waals surface area contributed by atoms with Crippen molar-refractivity contribution in [1.82, 2.24) is 4.90 Å². The summed E-state index contributed by atoms with van der Waals surface area (Å²) < 4.78 is 20.2. The monoisotopic (exact) mass is 488 g/mol. The SMILES string of the molecule is CN(CCCC1(c2ccc(F)cc2)OCc2cc(C#N)ccc21)Cc1ccc2c(c1)Cc1ccccc1-2. The molecule has 0 radical (unpaired) electrons. The van der Waals surface area contributed by atoms with Gasteiger partial charge in [0.2, 0.25) is 0 Å². The fourth-order valence-corrected chi connectivity index (χ4v) is 6.05. The van der Waals surface area contributed by atoms with Crippen molar-refractivity contribution >= 4 is 0 Å². The number of hydrogen-bond acceptors (Lipinski definition) is 3. The highest BCUT2D eigenvalue weighted by molar-refractivity contribution is 5.76. The molecule has 6 rings (SSSR count). The zero-order valence-electron chi connectivity index (χ0n) is 21.0. The second-order valence-electron chi connectivity index (χ2n) is 10.3. The van der Waals surface area contributed by atoms with Crippen LogP contribution in [0, 0.1) is 17.1 Å². The van der Waals surface area contributed by atoms with E-state index >= 15 is 0 Å². The molecule has 1 aliphatic carbocycles. The van der Waals surface area contributed by atoms with Gasteiger partial charge in [0.05, 0.1) is 18.2 Å². The van der Waals surface area contributed by atoms with Gasteiger partial charge in [-0.15, -0.1) is 0 Å². The van der Waals surface area contributed by atoms with Crippen LogP contribution in [0.5, 0.6) is 0 Å². The van der Waals surface area contributed by atoms with Gasteiger partial charge in [0.25, 0.3) is 0 Å². The number of halogens is 1. The lowest BCUT2D eigenvalue weighted by Gasteiger charge is -2.31. The van der Waals surface area contributed by atoms with Crippen LogP contribution in [0.25, 0.3) is 11.1 Å². The minimum Gasteiger partial charge on any atom is -0.361 e. The van der Waals surface area contributed by atoms with Gasteiger partial charge in [-0.05, 0) is 102 Å². The molecule has 1 aliphatic heterocycles. The van der Waals surface area contributed by atoms with E-state index in [0.29, 0.717) is 12.2 Å². The van der Waals surface area contributed by atoms with Gasteiger partial charge in [-0.25, -0.2) is 4.39 Å². The van der Waals surface area contributed by atoms with Crippen LogP contribution < -0.4 is 0 Å². The second-order valence-corrected chi connectivity index (χ2v) is 10.3. The van der Waals surface area contributed by atoms with Gasteiger partial charge < -0.3 is 9.64 Å². The molecule has 4 heteroatoms. The summed E-state index contributed by atoms with van der Waals surface area (Å²) in [6.45, 7) is 2.25. The Hall–Kier alpha value is -3.78. The van der Waals surface area contributed by atoms with E-state index in [4.69, 9.17) is 4.74 Å². The Labute approximate surface area is 217 Å². The molecule has 2 aliphatic rings. The van der Waals surface area contributed by atoms with Gasteiger partial charge in [-0.3, -0.25) is 0 Å². The lowest BCUT2D eigenvalue weighted by Crippen LogP contribution is -2.29. The van der Waals surface area contributed by atoms with Crippen LogP contribution in [0.2, 0.25) is 0 Å². The number of hydrogen-bond donors (Lipinski definition) is 0. The molecule has 4 aromatic carbocycles. The molecule has 184 valence electrons. The molecule has 3 nitrogen and oxygen atoms in total. The highest BCUT2D eigenvalue weighted by Gasteiger charge is 2.41. The summed E-state index contributed by atoms with van der Waals surface area (Å²) in [6.07, 6.45) is 2.71. The highest BCUT2D eigenvalue weighted by Crippen LogP contribution is 2.45. The average Bonchev–Trinajstić information content (AvgIpc) is 3.47. The van der Waals surface area contributed by atoms with Crippen LogP contribution >= 0.6 is 0 Å². The molecule has 1 atom stereocenters. The number of fused-ring (bicyclic) bond motifs is 4. The van der Waals surface area contributed by atoms with Crippen molar-refractivity contribution in [3.05, 3.63) is 130 Å². The third-order valence-electron chi connectivity index (χ3n) is 7.83. The highest BCUT2D eigenvalue weighted by atomic mass is 19.1. The van der Waals surface area contributed by atoms with Gasteiger partial charge in [0.1, 0.15) is 11.4 Å². The minimum atomic E-state index is -0.628. The van der Waals surface area contributed by atoms with E-state index in [1.807, 2.05) is 30.3 Å². The van der Waals surface area contributed by atoms with Crippen LogP contribution in [0.15, 0.2) is 84.9 Å². The number of benzene rings is 4. The zero-order valence-corrected chi connectivity index (χ0v) is 21.0. The molecular weight excluding hydrogens is 459 g/mol. The van der Waals surface area contributed by atoms with E-state index < -0.39 is 5.60 Å². The molecule has 0 bridgehead atoms. The minimum absolute atomic E-state index is 0.255. The van der Waals surface area contributed by atoms with Crippen LogP contribution in [-0.4, -0.2) is 18.5 Å². The standard InChI is InChI=1S/C33H29FN2O/c1-36(21-24-7-13-31-26(18-24)19-25-5-2-3-6-30(25)31)16-4-15-33(28-9-11-29(34)12-10-28)32-14-8-23(20-35)17-27(32)22-37-33/h2-3,5-14,17-18H,4,15-16,19,21-22H2,1H3. The maximum atomic E-state index is 13.7. The summed E-state index contributed by atoms with van der Waals surface area (Å²) in [7, 11) is 2.16. The Morgan fingerprint density at radius 3 is 2.57 bits per heavy atom. The fraction of sp³-hybridized carbons (Fsp3) is 0.242. The first-order valence-corrected chi connectivity index (χ1v) is 12.9. The second kappa shape index (κ2) is 9.59. The molecule has 0 fully saturated rings. The Morgan fingerprint density at radius 2 is 1.73 bits per heavy atom. The third kappa shape index (κ3) is 4.35. The van der Waals surface area contributed by atoms with Gasteiger partial charge in [-0.1, -0.05) is 60.7 Å². The van der Waals surface area contributed by atoms with Crippen molar-refractivity contribution in [2.75, 3.05) is 13.6 Å². The maximum Gasteiger partial charge on any atom is 0.123 e. The molecule has 0 saturated carbocycles. The molecule has 0 N–H and O–H groups in total. The zero-order chi connectivity index (χ0) is 25.4. The Morgan fingerprint density at radius 1 is 0.919 bits per heavy atom. The van der Waals surface area contributed by atoms with E-state index in [1.165, 1.54) is 39.9 Å². The number of rotatable bonds is 7. The Bertz CT molecular complexity index is 1500. The predicted octanol–water partition coefficient (Wildman–Crippen LogP) is 6.95. The molecule has 4 aromatic rings. The van der Waals surface area contributed by atoms with Crippen LogP contribution in [0.4, 0.5) is 4.39 Å². The normalized spacial score (nSPS) is 17.4. The Balaban J connectivity index is 1.16. The lowest BCUT2D eigenvalue weighted by molar-refractivity contribution is -0.0143. The number of nitrogens with zero attached hydrogens (tertiary/aromatic N) is 2. The van der Waals surface area contributed by atoms with E-state index in [-0.39, 0.29) is 5.82 Å². The van der Waals surface area contributed by atoms with E-state index in [1.54, 1.807) is 0 Å². The van der Waals surface area contributed by atoms with Crippen molar-refractivity contribution in [1.29, 1.82) is 5.26 Å². The average molecular weight is 489 g/mol. The number of nitriles is 1. The summed E-state index contributed by atoms with van der Waals surface area (Å²) in [5.41, 5.74) is 9.96. The molecule has 0 saturated heterocycles. The summed E-state index contributed by atoms with van der Waals surface area (Å²) in [6, 6.07) is 30.2. The molecule has 1 unspecified atom stereocenters. The van der Waals surface area contributed by atoms with Crippen molar-refractivity contribution in [2.24, 2.45) is 0 Å². The van der Waals surface area contributed by atoms with Crippen LogP contribution in [-0.2, 0) is 29.9 Å². The first kappa shape index (κ1) is 23.6. The maximum absolute atomic E-state index is 13.7. The van der Waals surface area contributed by atoms with Crippen molar-refractivity contribution < 1.29 is 9.13 Å². The van der Waals surface area contributed by atoms with Gasteiger partial charge >= 0.3 is 0 Å². The molecule has 0 aromatic heterocycles. The molecule has 1 heterocycles.